The summed E-state index contributed by atoms with van der Waals surface area (Å²) in [7, 11) is 0. The minimum absolute atomic E-state index is 0.194. The third kappa shape index (κ3) is 4.45. The second kappa shape index (κ2) is 6.28. The predicted octanol–water partition coefficient (Wildman–Crippen LogP) is 1.89. The molecule has 0 aliphatic heterocycles. The van der Waals surface area contributed by atoms with Gasteiger partial charge in [0.25, 0.3) is 0 Å². The van der Waals surface area contributed by atoms with E-state index in [4.69, 9.17) is 0 Å². The standard InChI is InChI=1S/C13H19NO2/c1-3-14-10(2)7-13(16)9-11-5-4-6-12(15)8-11/h4-6,8,10,14-15H,3,7,9H2,1-2H3. The van der Waals surface area contributed by atoms with Gasteiger partial charge in [-0.25, -0.2) is 0 Å². The molecule has 0 radical (unpaired) electrons. The molecule has 0 bridgehead atoms. The van der Waals surface area contributed by atoms with E-state index in [1.54, 1.807) is 18.2 Å². The fourth-order valence-electron chi connectivity index (χ4n) is 1.73. The number of carbonyl (C=O) groups is 1. The minimum atomic E-state index is 0.194. The number of ketones is 1. The van der Waals surface area contributed by atoms with Crippen LogP contribution in [0, 0.1) is 0 Å². The van der Waals surface area contributed by atoms with Gasteiger partial charge in [0, 0.05) is 18.9 Å². The van der Waals surface area contributed by atoms with Gasteiger partial charge in [-0.3, -0.25) is 4.79 Å². The molecule has 0 saturated carbocycles. The first-order chi connectivity index (χ1) is 7.61. The third-order valence-electron chi connectivity index (χ3n) is 2.40. The van der Waals surface area contributed by atoms with Gasteiger partial charge in [-0.2, -0.15) is 0 Å². The van der Waals surface area contributed by atoms with Gasteiger partial charge in [0.2, 0.25) is 0 Å². The lowest BCUT2D eigenvalue weighted by atomic mass is 10.0. The molecule has 1 aromatic rings. The topological polar surface area (TPSA) is 49.3 Å². The van der Waals surface area contributed by atoms with Crippen molar-refractivity contribution in [2.24, 2.45) is 0 Å². The first kappa shape index (κ1) is 12.7. The van der Waals surface area contributed by atoms with Crippen LogP contribution in [0.4, 0.5) is 0 Å². The van der Waals surface area contributed by atoms with Gasteiger partial charge in [0.15, 0.2) is 0 Å². The summed E-state index contributed by atoms with van der Waals surface area (Å²) in [5, 5.41) is 12.5. The van der Waals surface area contributed by atoms with Crippen LogP contribution in [0.25, 0.3) is 0 Å². The Bertz CT molecular complexity index is 350. The smallest absolute Gasteiger partial charge is 0.138 e. The molecule has 1 atom stereocenters. The highest BCUT2D eigenvalue weighted by Gasteiger charge is 2.08. The number of benzene rings is 1. The molecule has 0 heterocycles. The highest BCUT2D eigenvalue weighted by atomic mass is 16.3. The molecule has 0 aliphatic carbocycles. The molecule has 0 aliphatic rings. The first-order valence-electron chi connectivity index (χ1n) is 5.64. The van der Waals surface area contributed by atoms with Crippen LogP contribution >= 0.6 is 0 Å². The Hall–Kier alpha value is -1.35. The molecule has 0 aromatic heterocycles. The van der Waals surface area contributed by atoms with E-state index in [-0.39, 0.29) is 17.6 Å². The van der Waals surface area contributed by atoms with Crippen molar-refractivity contribution in [3.8, 4) is 5.75 Å². The molecular weight excluding hydrogens is 202 g/mol. The van der Waals surface area contributed by atoms with Crippen molar-refractivity contribution >= 4 is 5.78 Å². The zero-order chi connectivity index (χ0) is 12.0. The maximum absolute atomic E-state index is 11.7. The summed E-state index contributed by atoms with van der Waals surface area (Å²) in [4.78, 5) is 11.7. The molecule has 0 amide bonds. The SMILES string of the molecule is CCNC(C)CC(=O)Cc1cccc(O)c1. The molecule has 1 rings (SSSR count). The Morgan fingerprint density at radius 3 is 2.88 bits per heavy atom. The third-order valence-corrected chi connectivity index (χ3v) is 2.40. The summed E-state index contributed by atoms with van der Waals surface area (Å²) in [5.74, 6) is 0.407. The number of Topliss-reactive ketones (excluding diaryl/α,β-unsaturated/α-hetero) is 1. The zero-order valence-corrected chi connectivity index (χ0v) is 9.86. The number of aromatic hydroxyl groups is 1. The average molecular weight is 221 g/mol. The predicted molar refractivity (Wildman–Crippen MR) is 64.6 cm³/mol. The summed E-state index contributed by atoms with van der Waals surface area (Å²) in [6.45, 7) is 4.90. The molecule has 3 nitrogen and oxygen atoms in total. The van der Waals surface area contributed by atoms with Gasteiger partial charge in [0.05, 0.1) is 0 Å². The van der Waals surface area contributed by atoms with E-state index in [1.807, 2.05) is 19.9 Å². The zero-order valence-electron chi connectivity index (χ0n) is 9.86. The summed E-state index contributed by atoms with van der Waals surface area (Å²) in [6.07, 6.45) is 0.924. The molecule has 0 spiro atoms. The van der Waals surface area contributed by atoms with Crippen molar-refractivity contribution in [2.75, 3.05) is 6.54 Å². The summed E-state index contributed by atoms with van der Waals surface area (Å²) in [6, 6.07) is 7.07. The molecule has 3 heteroatoms. The first-order valence-corrected chi connectivity index (χ1v) is 5.64. The Labute approximate surface area is 96.5 Å². The number of carbonyl (C=O) groups excluding carboxylic acids is 1. The number of phenols is 1. The summed E-state index contributed by atoms with van der Waals surface area (Å²) in [5.41, 5.74) is 0.869. The van der Waals surface area contributed by atoms with E-state index in [0.717, 1.165) is 12.1 Å². The van der Waals surface area contributed by atoms with Crippen LogP contribution in [0.15, 0.2) is 24.3 Å². The van der Waals surface area contributed by atoms with Gasteiger partial charge in [0.1, 0.15) is 11.5 Å². The van der Waals surface area contributed by atoms with Gasteiger partial charge in [-0.1, -0.05) is 19.1 Å². The number of hydrogen-bond acceptors (Lipinski definition) is 3. The monoisotopic (exact) mass is 221 g/mol. The molecule has 88 valence electrons. The van der Waals surface area contributed by atoms with Crippen LogP contribution in [0.2, 0.25) is 0 Å². The van der Waals surface area contributed by atoms with Crippen molar-refractivity contribution in [3.05, 3.63) is 29.8 Å². The molecule has 16 heavy (non-hydrogen) atoms. The molecule has 2 N–H and O–H groups in total. The Kier molecular flexibility index (Phi) is 4.99. The molecule has 1 unspecified atom stereocenters. The Morgan fingerprint density at radius 2 is 2.25 bits per heavy atom. The molecule has 1 aromatic carbocycles. The van der Waals surface area contributed by atoms with E-state index in [0.29, 0.717) is 12.8 Å². The fourth-order valence-corrected chi connectivity index (χ4v) is 1.73. The second-order valence-corrected chi connectivity index (χ2v) is 4.05. The summed E-state index contributed by atoms with van der Waals surface area (Å²) >= 11 is 0. The van der Waals surface area contributed by atoms with Crippen LogP contribution in [0.3, 0.4) is 0 Å². The largest absolute Gasteiger partial charge is 0.508 e. The van der Waals surface area contributed by atoms with E-state index in [1.165, 1.54) is 0 Å². The van der Waals surface area contributed by atoms with Crippen molar-refractivity contribution in [1.29, 1.82) is 0 Å². The van der Waals surface area contributed by atoms with Crippen LogP contribution < -0.4 is 5.32 Å². The van der Waals surface area contributed by atoms with Crippen molar-refractivity contribution in [2.45, 2.75) is 32.7 Å². The molecule has 0 saturated heterocycles. The van der Waals surface area contributed by atoms with Gasteiger partial charge < -0.3 is 10.4 Å². The Morgan fingerprint density at radius 1 is 1.50 bits per heavy atom. The number of hydrogen-bond donors (Lipinski definition) is 2. The number of phenolic OH excluding ortho intramolecular Hbond substituents is 1. The lowest BCUT2D eigenvalue weighted by Crippen LogP contribution is -2.28. The van der Waals surface area contributed by atoms with Crippen molar-refractivity contribution in [1.82, 2.24) is 5.32 Å². The lowest BCUT2D eigenvalue weighted by molar-refractivity contribution is -0.118. The average Bonchev–Trinajstić information content (AvgIpc) is 2.17. The normalized spacial score (nSPS) is 12.4. The Balaban J connectivity index is 2.45. The van der Waals surface area contributed by atoms with Crippen molar-refractivity contribution in [3.63, 3.8) is 0 Å². The molecular formula is C13H19NO2. The van der Waals surface area contributed by atoms with Crippen molar-refractivity contribution < 1.29 is 9.90 Å². The van der Waals surface area contributed by atoms with Crippen LogP contribution in [-0.2, 0) is 11.2 Å². The quantitative estimate of drug-likeness (QED) is 0.771. The minimum Gasteiger partial charge on any atom is -0.508 e. The molecule has 0 fully saturated rings. The fraction of sp³-hybridized carbons (Fsp3) is 0.462. The second-order valence-electron chi connectivity index (χ2n) is 4.05. The van der Waals surface area contributed by atoms with E-state index >= 15 is 0 Å². The maximum atomic E-state index is 11.7. The van der Waals surface area contributed by atoms with E-state index < -0.39 is 0 Å². The number of rotatable bonds is 6. The van der Waals surface area contributed by atoms with E-state index in [2.05, 4.69) is 5.32 Å². The highest BCUT2D eigenvalue weighted by molar-refractivity contribution is 5.81. The van der Waals surface area contributed by atoms with Crippen LogP contribution in [-0.4, -0.2) is 23.5 Å². The van der Waals surface area contributed by atoms with Crippen LogP contribution in [0.5, 0.6) is 5.75 Å². The lowest BCUT2D eigenvalue weighted by Gasteiger charge is -2.10. The van der Waals surface area contributed by atoms with E-state index in [9.17, 15) is 9.90 Å². The van der Waals surface area contributed by atoms with Crippen LogP contribution in [0.1, 0.15) is 25.8 Å². The van der Waals surface area contributed by atoms with Gasteiger partial charge in [-0.15, -0.1) is 0 Å². The number of nitrogens with one attached hydrogen (secondary N) is 1. The maximum Gasteiger partial charge on any atom is 0.138 e. The van der Waals surface area contributed by atoms with Gasteiger partial charge in [-0.05, 0) is 31.2 Å². The highest BCUT2D eigenvalue weighted by Crippen LogP contribution is 2.12. The summed E-state index contributed by atoms with van der Waals surface area (Å²) < 4.78 is 0. The van der Waals surface area contributed by atoms with Gasteiger partial charge >= 0.3 is 0 Å².